The number of halogens is 3. The summed E-state index contributed by atoms with van der Waals surface area (Å²) in [5.41, 5.74) is 6.01. The number of nitrogens with one attached hydrogen (secondary N) is 2. The first-order chi connectivity index (χ1) is 11.5. The van der Waals surface area contributed by atoms with Crippen LogP contribution in [0.3, 0.4) is 0 Å². The average Bonchev–Trinajstić information content (AvgIpc) is 2.56. The number of nitrogens with two attached hydrogens (primary N) is 1. The fourth-order valence-corrected chi connectivity index (χ4v) is 2.00. The molecular weight excluding hydrogens is 338 g/mol. The minimum Gasteiger partial charge on any atom is -0.393 e. The summed E-state index contributed by atoms with van der Waals surface area (Å²) in [5, 5.41) is 6.03. The maximum absolute atomic E-state index is 13.7. The number of hydrogen-bond acceptors (Lipinski definition) is 6. The number of aromatic nitrogens is 3. The van der Waals surface area contributed by atoms with Crippen molar-refractivity contribution in [1.82, 2.24) is 15.0 Å². The molecule has 2 aromatic heterocycles. The summed E-state index contributed by atoms with van der Waals surface area (Å²) in [7, 11) is 0. The van der Waals surface area contributed by atoms with Gasteiger partial charge in [-0.05, 0) is 24.3 Å². The molecule has 6 nitrogen and oxygen atoms in total. The van der Waals surface area contributed by atoms with Crippen LogP contribution in [-0.4, -0.2) is 15.0 Å². The molecule has 0 spiro atoms. The highest BCUT2D eigenvalue weighted by molar-refractivity contribution is 6.30. The predicted octanol–water partition coefficient (Wildman–Crippen LogP) is 3.87. The Morgan fingerprint density at radius 1 is 0.958 bits per heavy atom. The van der Waals surface area contributed by atoms with Gasteiger partial charge in [0.15, 0.2) is 11.6 Å². The van der Waals surface area contributed by atoms with E-state index in [1.54, 1.807) is 12.1 Å². The standard InChI is InChI=1S/C15H11ClF2N6/c16-8-1-4-12(20-6-8)24-15-13(19)14(21-7-22-15)23-11-5-9(17)2-3-10(11)18/h1-7H,19H2,(H2,20,21,22,23,24). The number of benzene rings is 1. The molecular formula is C15H11ClF2N6. The number of anilines is 5. The van der Waals surface area contributed by atoms with E-state index in [-0.39, 0.29) is 23.0 Å². The van der Waals surface area contributed by atoms with Gasteiger partial charge in [0.25, 0.3) is 0 Å². The second kappa shape index (κ2) is 6.63. The third kappa shape index (κ3) is 3.49. The van der Waals surface area contributed by atoms with Crippen molar-refractivity contribution in [3.8, 4) is 0 Å². The first-order valence-electron chi connectivity index (χ1n) is 6.74. The monoisotopic (exact) mass is 348 g/mol. The first-order valence-corrected chi connectivity index (χ1v) is 7.12. The van der Waals surface area contributed by atoms with Crippen LogP contribution in [0.2, 0.25) is 5.02 Å². The molecule has 9 heteroatoms. The third-order valence-corrected chi connectivity index (χ3v) is 3.26. The second-order valence-electron chi connectivity index (χ2n) is 4.72. The van der Waals surface area contributed by atoms with E-state index in [2.05, 4.69) is 25.6 Å². The molecule has 1 aromatic carbocycles. The number of nitrogen functional groups attached to an aromatic ring is 1. The summed E-state index contributed by atoms with van der Waals surface area (Å²) in [6.07, 6.45) is 2.69. The fraction of sp³-hybridized carbons (Fsp3) is 0. The average molecular weight is 349 g/mol. The van der Waals surface area contributed by atoms with Crippen molar-refractivity contribution >= 4 is 40.4 Å². The molecule has 0 amide bonds. The van der Waals surface area contributed by atoms with Gasteiger partial charge in [-0.15, -0.1) is 0 Å². The van der Waals surface area contributed by atoms with Gasteiger partial charge in [0.1, 0.15) is 29.5 Å². The van der Waals surface area contributed by atoms with Gasteiger partial charge < -0.3 is 16.4 Å². The van der Waals surface area contributed by atoms with Crippen molar-refractivity contribution in [1.29, 1.82) is 0 Å². The smallest absolute Gasteiger partial charge is 0.160 e. The summed E-state index contributed by atoms with van der Waals surface area (Å²) >= 11 is 5.77. The zero-order valence-electron chi connectivity index (χ0n) is 12.1. The minimum absolute atomic E-state index is 0.0871. The van der Waals surface area contributed by atoms with Crippen molar-refractivity contribution in [3.05, 3.63) is 59.5 Å². The molecule has 3 aromatic rings. The number of pyridine rings is 1. The van der Waals surface area contributed by atoms with Crippen LogP contribution >= 0.6 is 11.6 Å². The van der Waals surface area contributed by atoms with Crippen molar-refractivity contribution in [3.63, 3.8) is 0 Å². The van der Waals surface area contributed by atoms with Gasteiger partial charge in [0, 0.05) is 12.3 Å². The Morgan fingerprint density at radius 3 is 2.42 bits per heavy atom. The summed E-state index contributed by atoms with van der Waals surface area (Å²) in [5.74, 6) is -0.365. The van der Waals surface area contributed by atoms with Gasteiger partial charge in [0.05, 0.1) is 10.7 Å². The number of nitrogens with zero attached hydrogens (tertiary/aromatic N) is 3. The summed E-state index contributed by atoms with van der Waals surface area (Å²) in [6, 6.07) is 6.32. The topological polar surface area (TPSA) is 88.8 Å². The lowest BCUT2D eigenvalue weighted by Gasteiger charge is -2.12. The molecule has 24 heavy (non-hydrogen) atoms. The van der Waals surface area contributed by atoms with Crippen LogP contribution in [0.15, 0.2) is 42.9 Å². The molecule has 0 saturated carbocycles. The Bertz CT molecular complexity index is 872. The number of hydrogen-bond donors (Lipinski definition) is 3. The van der Waals surface area contributed by atoms with Crippen LogP contribution in [-0.2, 0) is 0 Å². The minimum atomic E-state index is -0.636. The van der Waals surface area contributed by atoms with Crippen LogP contribution in [0.1, 0.15) is 0 Å². The molecule has 3 rings (SSSR count). The van der Waals surface area contributed by atoms with E-state index in [1.165, 1.54) is 12.5 Å². The summed E-state index contributed by atoms with van der Waals surface area (Å²) in [6.45, 7) is 0. The van der Waals surface area contributed by atoms with Crippen molar-refractivity contribution in [2.75, 3.05) is 16.4 Å². The Hall–Kier alpha value is -3.00. The van der Waals surface area contributed by atoms with E-state index < -0.39 is 11.6 Å². The molecule has 0 unspecified atom stereocenters. The van der Waals surface area contributed by atoms with E-state index in [0.717, 1.165) is 18.2 Å². The Morgan fingerprint density at radius 2 is 1.71 bits per heavy atom. The van der Waals surface area contributed by atoms with E-state index in [0.29, 0.717) is 10.8 Å². The van der Waals surface area contributed by atoms with Gasteiger partial charge in [-0.1, -0.05) is 11.6 Å². The molecule has 0 aliphatic rings. The quantitative estimate of drug-likeness (QED) is 0.663. The largest absolute Gasteiger partial charge is 0.393 e. The highest BCUT2D eigenvalue weighted by Crippen LogP contribution is 2.29. The number of rotatable bonds is 4. The van der Waals surface area contributed by atoms with Gasteiger partial charge in [-0.25, -0.2) is 23.7 Å². The Balaban J connectivity index is 1.88. The van der Waals surface area contributed by atoms with E-state index in [9.17, 15) is 8.78 Å². The Kier molecular flexibility index (Phi) is 4.39. The predicted molar refractivity (Wildman–Crippen MR) is 88.6 cm³/mol. The molecule has 0 bridgehead atoms. The zero-order valence-corrected chi connectivity index (χ0v) is 12.9. The van der Waals surface area contributed by atoms with Crippen LogP contribution < -0.4 is 16.4 Å². The van der Waals surface area contributed by atoms with Gasteiger partial charge >= 0.3 is 0 Å². The zero-order chi connectivity index (χ0) is 17.1. The molecule has 0 radical (unpaired) electrons. The second-order valence-corrected chi connectivity index (χ2v) is 5.16. The highest BCUT2D eigenvalue weighted by Gasteiger charge is 2.11. The maximum atomic E-state index is 13.7. The molecule has 0 aliphatic heterocycles. The Labute approximate surface area is 140 Å². The highest BCUT2D eigenvalue weighted by atomic mass is 35.5. The summed E-state index contributed by atoms with van der Waals surface area (Å²) in [4.78, 5) is 12.0. The van der Waals surface area contributed by atoms with E-state index in [1.807, 2.05) is 0 Å². The van der Waals surface area contributed by atoms with Crippen LogP contribution in [0.25, 0.3) is 0 Å². The third-order valence-electron chi connectivity index (χ3n) is 3.04. The lowest BCUT2D eigenvalue weighted by Crippen LogP contribution is -2.06. The maximum Gasteiger partial charge on any atom is 0.160 e. The molecule has 0 saturated heterocycles. The lowest BCUT2D eigenvalue weighted by atomic mass is 10.3. The van der Waals surface area contributed by atoms with Crippen LogP contribution in [0.4, 0.5) is 37.6 Å². The van der Waals surface area contributed by atoms with Crippen LogP contribution in [0.5, 0.6) is 0 Å². The lowest BCUT2D eigenvalue weighted by molar-refractivity contribution is 0.603. The normalized spacial score (nSPS) is 10.5. The fourth-order valence-electron chi connectivity index (χ4n) is 1.89. The van der Waals surface area contributed by atoms with E-state index in [4.69, 9.17) is 17.3 Å². The van der Waals surface area contributed by atoms with Gasteiger partial charge in [0.2, 0.25) is 0 Å². The first kappa shape index (κ1) is 15.9. The molecule has 2 heterocycles. The van der Waals surface area contributed by atoms with Crippen LogP contribution in [0, 0.1) is 11.6 Å². The van der Waals surface area contributed by atoms with Crippen molar-refractivity contribution in [2.45, 2.75) is 0 Å². The summed E-state index contributed by atoms with van der Waals surface area (Å²) < 4.78 is 27.0. The van der Waals surface area contributed by atoms with Crippen molar-refractivity contribution in [2.24, 2.45) is 0 Å². The molecule has 0 fully saturated rings. The molecule has 0 atom stereocenters. The van der Waals surface area contributed by atoms with Gasteiger partial charge in [-0.3, -0.25) is 0 Å². The molecule has 122 valence electrons. The van der Waals surface area contributed by atoms with E-state index >= 15 is 0 Å². The SMILES string of the molecule is Nc1c(Nc2ccc(Cl)cn2)ncnc1Nc1cc(F)ccc1F. The molecule has 0 aliphatic carbocycles. The van der Waals surface area contributed by atoms with Crippen molar-refractivity contribution < 1.29 is 8.78 Å². The van der Waals surface area contributed by atoms with Gasteiger partial charge in [-0.2, -0.15) is 0 Å². The molecule has 4 N–H and O–H groups in total.